The molecule has 0 atom stereocenters. The van der Waals surface area contributed by atoms with Crippen LogP contribution in [-0.4, -0.2) is 34.2 Å². The summed E-state index contributed by atoms with van der Waals surface area (Å²) in [5.41, 5.74) is -0.337. The van der Waals surface area contributed by atoms with Gasteiger partial charge in [-0.3, -0.25) is 9.78 Å². The van der Waals surface area contributed by atoms with E-state index < -0.39 is 5.54 Å². The van der Waals surface area contributed by atoms with Gasteiger partial charge in [0.1, 0.15) is 5.54 Å². The van der Waals surface area contributed by atoms with Gasteiger partial charge in [-0.15, -0.1) is 0 Å². The van der Waals surface area contributed by atoms with Crippen LogP contribution in [0.4, 0.5) is 0 Å². The molecule has 0 bridgehead atoms. The third kappa shape index (κ3) is 2.74. The normalized spacial score (nSPS) is 17.4. The first kappa shape index (κ1) is 14.0. The van der Waals surface area contributed by atoms with E-state index in [1.165, 1.54) is 18.8 Å². The van der Waals surface area contributed by atoms with Crippen molar-refractivity contribution < 1.29 is 14.1 Å². The van der Waals surface area contributed by atoms with Crippen molar-refractivity contribution in [3.05, 3.63) is 41.3 Å². The molecule has 8 heteroatoms. The summed E-state index contributed by atoms with van der Waals surface area (Å²) in [5.74, 6) is 0.151. The number of nitrogens with zero attached hydrogens (tertiary/aromatic N) is 3. The third-order valence-corrected chi connectivity index (χ3v) is 3.81. The van der Waals surface area contributed by atoms with Crippen LogP contribution in [0.2, 0.25) is 5.02 Å². The molecule has 2 aromatic heterocycles. The predicted octanol–water partition coefficient (Wildman–Crippen LogP) is 1.55. The number of hydrogen-bond donors (Lipinski definition) is 1. The largest absolute Gasteiger partial charge is 0.381 e. The quantitative estimate of drug-likeness (QED) is 0.925. The van der Waals surface area contributed by atoms with Gasteiger partial charge in [0.05, 0.1) is 10.6 Å². The van der Waals surface area contributed by atoms with Gasteiger partial charge >= 0.3 is 0 Å². The summed E-state index contributed by atoms with van der Waals surface area (Å²) in [7, 11) is 0. The van der Waals surface area contributed by atoms with E-state index in [1.807, 2.05) is 0 Å². The number of nitrogens with one attached hydrogen (secondary N) is 1. The van der Waals surface area contributed by atoms with Crippen LogP contribution in [0, 0.1) is 0 Å². The van der Waals surface area contributed by atoms with E-state index in [1.54, 1.807) is 6.07 Å². The number of carbonyl (C=O) groups is 1. The van der Waals surface area contributed by atoms with Crippen LogP contribution < -0.4 is 5.32 Å². The highest BCUT2D eigenvalue weighted by atomic mass is 35.5. The van der Waals surface area contributed by atoms with Crippen LogP contribution >= 0.6 is 11.6 Å². The molecular formula is C13H13ClN4O3. The van der Waals surface area contributed by atoms with E-state index in [9.17, 15) is 4.79 Å². The molecule has 1 aliphatic heterocycles. The van der Waals surface area contributed by atoms with Gasteiger partial charge in [0, 0.05) is 38.4 Å². The molecule has 1 aliphatic rings. The van der Waals surface area contributed by atoms with Crippen LogP contribution in [0.3, 0.4) is 0 Å². The maximum absolute atomic E-state index is 12.5. The molecule has 0 spiro atoms. The lowest BCUT2D eigenvalue weighted by Crippen LogP contribution is -2.50. The molecule has 1 N–H and O–H groups in total. The molecule has 1 fully saturated rings. The Morgan fingerprint density at radius 1 is 1.38 bits per heavy atom. The number of rotatable bonds is 3. The Morgan fingerprint density at radius 3 is 2.86 bits per heavy atom. The fourth-order valence-electron chi connectivity index (χ4n) is 2.35. The number of aromatic nitrogens is 3. The Balaban J connectivity index is 1.89. The van der Waals surface area contributed by atoms with Crippen molar-refractivity contribution in [2.45, 2.75) is 18.4 Å². The van der Waals surface area contributed by atoms with Crippen molar-refractivity contribution in [2.75, 3.05) is 13.2 Å². The zero-order valence-electron chi connectivity index (χ0n) is 11.1. The maximum atomic E-state index is 12.5. The van der Waals surface area contributed by atoms with Crippen molar-refractivity contribution in [2.24, 2.45) is 0 Å². The van der Waals surface area contributed by atoms with Crippen LogP contribution in [0.1, 0.15) is 29.0 Å². The number of ether oxygens (including phenoxy) is 1. The van der Waals surface area contributed by atoms with Gasteiger partial charge in [-0.1, -0.05) is 16.8 Å². The summed E-state index contributed by atoms with van der Waals surface area (Å²) < 4.78 is 10.2. The fraction of sp³-hybridized carbons (Fsp3) is 0.385. The summed E-state index contributed by atoms with van der Waals surface area (Å²) in [4.78, 5) is 20.4. The summed E-state index contributed by atoms with van der Waals surface area (Å²) >= 11 is 6.01. The average Bonchev–Trinajstić information content (AvgIpc) is 3.03. The molecule has 0 unspecified atom stereocenters. The topological polar surface area (TPSA) is 90.1 Å². The Labute approximate surface area is 125 Å². The van der Waals surface area contributed by atoms with Crippen LogP contribution in [-0.2, 0) is 10.3 Å². The van der Waals surface area contributed by atoms with E-state index in [4.69, 9.17) is 20.9 Å². The molecule has 0 radical (unpaired) electrons. The Hall–Kier alpha value is -1.99. The molecule has 0 saturated carbocycles. The first-order chi connectivity index (χ1) is 10.2. The minimum absolute atomic E-state index is 0.297. The summed E-state index contributed by atoms with van der Waals surface area (Å²) in [5, 5.41) is 7.15. The van der Waals surface area contributed by atoms with Gasteiger partial charge in [0.2, 0.25) is 6.39 Å². The second-order valence-electron chi connectivity index (χ2n) is 4.76. The summed E-state index contributed by atoms with van der Waals surface area (Å²) in [6.07, 6.45) is 5.34. The molecule has 21 heavy (non-hydrogen) atoms. The third-order valence-electron chi connectivity index (χ3n) is 3.51. The molecule has 0 aliphatic carbocycles. The number of carbonyl (C=O) groups excluding carboxylic acids is 1. The molecule has 2 aromatic rings. The zero-order chi connectivity index (χ0) is 14.7. The Morgan fingerprint density at radius 2 is 2.19 bits per heavy atom. The van der Waals surface area contributed by atoms with Gasteiger partial charge in [-0.25, -0.2) is 0 Å². The minimum Gasteiger partial charge on any atom is -0.381 e. The van der Waals surface area contributed by atoms with E-state index >= 15 is 0 Å². The van der Waals surface area contributed by atoms with Crippen molar-refractivity contribution in [1.82, 2.24) is 20.4 Å². The van der Waals surface area contributed by atoms with Gasteiger partial charge in [0.25, 0.3) is 5.91 Å². The number of pyridine rings is 1. The second kappa shape index (κ2) is 5.79. The van der Waals surface area contributed by atoms with E-state index in [0.717, 1.165) is 0 Å². The molecule has 0 aromatic carbocycles. The van der Waals surface area contributed by atoms with Crippen molar-refractivity contribution in [1.29, 1.82) is 0 Å². The highest BCUT2D eigenvalue weighted by Crippen LogP contribution is 2.30. The first-order valence-electron chi connectivity index (χ1n) is 6.48. The van der Waals surface area contributed by atoms with Crippen molar-refractivity contribution in [3.63, 3.8) is 0 Å². The van der Waals surface area contributed by atoms with Gasteiger partial charge in [0.15, 0.2) is 5.82 Å². The second-order valence-corrected chi connectivity index (χ2v) is 5.17. The molecular weight excluding hydrogens is 296 g/mol. The lowest BCUT2D eigenvalue weighted by molar-refractivity contribution is 0.0306. The van der Waals surface area contributed by atoms with Gasteiger partial charge in [-0.2, -0.15) is 4.98 Å². The van der Waals surface area contributed by atoms with Gasteiger partial charge in [-0.05, 0) is 6.07 Å². The Kier molecular flexibility index (Phi) is 3.85. The number of hydrogen-bond acceptors (Lipinski definition) is 6. The standard InChI is InChI=1S/C13H13ClN4O3/c14-10-7-15-4-1-9(10)11(19)17-13(2-5-20-6-3-13)12-16-8-21-18-12/h1,4,7-8H,2-3,5-6H2,(H,17,19). The lowest BCUT2D eigenvalue weighted by Gasteiger charge is -2.35. The van der Waals surface area contributed by atoms with E-state index in [2.05, 4.69) is 20.4 Å². The predicted molar refractivity (Wildman–Crippen MR) is 72.7 cm³/mol. The summed E-state index contributed by atoms with van der Waals surface area (Å²) in [6.45, 7) is 1.03. The zero-order valence-corrected chi connectivity index (χ0v) is 11.8. The highest BCUT2D eigenvalue weighted by Gasteiger charge is 2.40. The molecule has 3 heterocycles. The van der Waals surface area contributed by atoms with Crippen LogP contribution in [0.15, 0.2) is 29.4 Å². The smallest absolute Gasteiger partial charge is 0.253 e. The molecule has 110 valence electrons. The average molecular weight is 309 g/mol. The fourth-order valence-corrected chi connectivity index (χ4v) is 2.56. The molecule has 1 saturated heterocycles. The highest BCUT2D eigenvalue weighted by molar-refractivity contribution is 6.33. The van der Waals surface area contributed by atoms with E-state index in [0.29, 0.717) is 42.5 Å². The number of halogens is 1. The minimum atomic E-state index is -0.699. The maximum Gasteiger partial charge on any atom is 0.253 e. The molecule has 7 nitrogen and oxygen atoms in total. The summed E-state index contributed by atoms with van der Waals surface area (Å²) in [6, 6.07) is 1.57. The van der Waals surface area contributed by atoms with Crippen LogP contribution in [0.25, 0.3) is 0 Å². The van der Waals surface area contributed by atoms with Gasteiger partial charge < -0.3 is 14.6 Å². The first-order valence-corrected chi connectivity index (χ1v) is 6.86. The van der Waals surface area contributed by atoms with Crippen molar-refractivity contribution in [3.8, 4) is 0 Å². The SMILES string of the molecule is O=C(NC1(c2ncon2)CCOCC1)c1ccncc1Cl. The van der Waals surface area contributed by atoms with E-state index in [-0.39, 0.29) is 5.91 Å². The Bertz CT molecular complexity index is 626. The molecule has 3 rings (SSSR count). The van der Waals surface area contributed by atoms with Crippen molar-refractivity contribution >= 4 is 17.5 Å². The monoisotopic (exact) mass is 308 g/mol. The lowest BCUT2D eigenvalue weighted by atomic mass is 9.88. The number of amides is 1. The van der Waals surface area contributed by atoms with Crippen LogP contribution in [0.5, 0.6) is 0 Å². The molecule has 1 amide bonds.